The van der Waals surface area contributed by atoms with E-state index in [9.17, 15) is 9.59 Å². The fourth-order valence-corrected chi connectivity index (χ4v) is 4.16. The van der Waals surface area contributed by atoms with Crippen LogP contribution in [0.15, 0.2) is 53.9 Å². The van der Waals surface area contributed by atoms with Gasteiger partial charge in [0.2, 0.25) is 12.0 Å². The van der Waals surface area contributed by atoms with Gasteiger partial charge >= 0.3 is 5.97 Å². The van der Waals surface area contributed by atoms with E-state index in [1.807, 2.05) is 18.2 Å². The van der Waals surface area contributed by atoms with E-state index in [1.54, 1.807) is 49.7 Å². The molecule has 3 aromatic rings. The topological polar surface area (TPSA) is 87.2 Å². The third kappa shape index (κ3) is 4.38. The van der Waals surface area contributed by atoms with Gasteiger partial charge in [-0.15, -0.1) is 11.3 Å². The molecule has 166 valence electrons. The van der Waals surface area contributed by atoms with Crippen LogP contribution in [0, 0.1) is 0 Å². The number of methoxy groups -OCH3 is 1. The van der Waals surface area contributed by atoms with Gasteiger partial charge in [-0.2, -0.15) is 0 Å². The van der Waals surface area contributed by atoms with Crippen molar-refractivity contribution < 1.29 is 28.5 Å². The third-order valence-electron chi connectivity index (χ3n) is 4.81. The van der Waals surface area contributed by atoms with Crippen molar-refractivity contribution in [1.29, 1.82) is 0 Å². The first kappa shape index (κ1) is 21.6. The van der Waals surface area contributed by atoms with Crippen molar-refractivity contribution in [2.24, 2.45) is 0 Å². The van der Waals surface area contributed by atoms with Crippen molar-refractivity contribution in [3.05, 3.63) is 59.6 Å². The van der Waals surface area contributed by atoms with Gasteiger partial charge in [-0.25, -0.2) is 9.78 Å². The van der Waals surface area contributed by atoms with Gasteiger partial charge in [-0.05, 0) is 31.2 Å². The molecule has 0 saturated heterocycles. The minimum absolute atomic E-state index is 0.0543. The molecule has 0 N–H and O–H groups in total. The summed E-state index contributed by atoms with van der Waals surface area (Å²) in [5, 5.41) is 2.19. The van der Waals surface area contributed by atoms with Crippen LogP contribution in [0.5, 0.6) is 17.2 Å². The van der Waals surface area contributed by atoms with E-state index in [0.29, 0.717) is 33.8 Å². The van der Waals surface area contributed by atoms with Crippen molar-refractivity contribution in [2.75, 3.05) is 12.0 Å². The molecule has 1 aliphatic heterocycles. The molecular formula is C23H22N2O6S. The summed E-state index contributed by atoms with van der Waals surface area (Å²) in [4.78, 5) is 30.9. The van der Waals surface area contributed by atoms with E-state index in [1.165, 1.54) is 23.2 Å². The molecular weight excluding hydrogens is 432 g/mol. The fraction of sp³-hybridized carbons (Fsp3) is 0.261. The molecule has 1 amide bonds. The molecule has 0 fully saturated rings. The van der Waals surface area contributed by atoms with Crippen molar-refractivity contribution in [1.82, 2.24) is 4.98 Å². The predicted octanol–water partition coefficient (Wildman–Crippen LogP) is 4.11. The zero-order chi connectivity index (χ0) is 22.7. The summed E-state index contributed by atoms with van der Waals surface area (Å²) in [6, 6.07) is 14.4. The number of fused-ring (bicyclic) bond motifs is 1. The predicted molar refractivity (Wildman–Crippen MR) is 119 cm³/mol. The highest BCUT2D eigenvalue weighted by Crippen LogP contribution is 2.36. The normalized spacial score (nSPS) is 16.8. The Morgan fingerprint density at radius 3 is 2.50 bits per heavy atom. The molecule has 1 aliphatic rings. The number of ether oxygens (including phenoxy) is 4. The van der Waals surface area contributed by atoms with E-state index in [-0.39, 0.29) is 12.5 Å². The Kier molecular flexibility index (Phi) is 6.27. The quantitative estimate of drug-likeness (QED) is 0.518. The minimum Gasteiger partial charge on any atom is -0.495 e. The van der Waals surface area contributed by atoms with Gasteiger partial charge in [0.25, 0.3) is 0 Å². The third-order valence-corrected chi connectivity index (χ3v) is 5.68. The maximum atomic E-state index is 12.6. The van der Waals surface area contributed by atoms with Crippen molar-refractivity contribution in [3.63, 3.8) is 0 Å². The Bertz CT molecular complexity index is 1130. The monoisotopic (exact) mass is 454 g/mol. The van der Waals surface area contributed by atoms with Crippen LogP contribution >= 0.6 is 11.3 Å². The molecule has 32 heavy (non-hydrogen) atoms. The summed E-state index contributed by atoms with van der Waals surface area (Å²) in [5.41, 5.74) is 1.10. The Morgan fingerprint density at radius 1 is 1.09 bits per heavy atom. The second-order valence-corrected chi connectivity index (χ2v) is 7.90. The highest BCUT2D eigenvalue weighted by molar-refractivity contribution is 7.14. The highest BCUT2D eigenvalue weighted by Gasteiger charge is 2.35. The molecule has 4 rings (SSSR count). The zero-order valence-corrected chi connectivity index (χ0v) is 18.6. The molecule has 9 heteroatoms. The lowest BCUT2D eigenvalue weighted by atomic mass is 10.2. The number of para-hydroxylation sites is 4. The second kappa shape index (κ2) is 9.27. The molecule has 0 bridgehead atoms. The molecule has 1 aromatic heterocycles. The summed E-state index contributed by atoms with van der Waals surface area (Å²) >= 11 is 1.27. The van der Waals surface area contributed by atoms with Gasteiger partial charge in [0.1, 0.15) is 18.5 Å². The van der Waals surface area contributed by atoms with E-state index >= 15 is 0 Å². The number of anilines is 2. The van der Waals surface area contributed by atoms with Gasteiger partial charge < -0.3 is 18.9 Å². The average Bonchev–Trinajstić information content (AvgIpc) is 3.25. The number of carbonyl (C=O) groups excluding carboxylic acids is 2. The molecule has 0 unspecified atom stereocenters. The maximum absolute atomic E-state index is 12.6. The first-order chi connectivity index (χ1) is 15.5. The lowest BCUT2D eigenvalue weighted by molar-refractivity contribution is -0.159. The number of hydrogen-bond donors (Lipinski definition) is 0. The number of nitrogens with zero attached hydrogens (tertiary/aromatic N) is 2. The highest BCUT2D eigenvalue weighted by atomic mass is 32.1. The smallest absolute Gasteiger partial charge is 0.351 e. The summed E-state index contributed by atoms with van der Waals surface area (Å²) in [5.74, 6) is 0.878. The number of benzene rings is 2. The zero-order valence-electron chi connectivity index (χ0n) is 17.8. The standard InChI is InChI=1S/C23H22N2O6S/c1-14-21(31-20-11-7-6-10-19(20)30-14)22(27)29-12-16-13-32-23(24-16)25(15(2)26)17-8-4-5-9-18(17)28-3/h4-11,13-14,21H,12H2,1-3H3/t14-,21-/m1/s1. The Hall–Kier alpha value is -3.59. The Morgan fingerprint density at radius 2 is 1.78 bits per heavy atom. The number of amides is 1. The van der Waals surface area contributed by atoms with Crippen LogP contribution in [-0.2, 0) is 20.9 Å². The van der Waals surface area contributed by atoms with Crippen molar-refractivity contribution in [3.8, 4) is 17.2 Å². The van der Waals surface area contributed by atoms with E-state index in [4.69, 9.17) is 18.9 Å². The Labute approximate surface area is 189 Å². The number of esters is 1. The lowest BCUT2D eigenvalue weighted by Crippen LogP contribution is -2.44. The molecule has 8 nitrogen and oxygen atoms in total. The van der Waals surface area contributed by atoms with Gasteiger partial charge in [0.05, 0.1) is 18.5 Å². The fourth-order valence-electron chi connectivity index (χ4n) is 3.29. The van der Waals surface area contributed by atoms with Gasteiger partial charge in [-0.1, -0.05) is 24.3 Å². The van der Waals surface area contributed by atoms with Crippen LogP contribution < -0.4 is 19.1 Å². The van der Waals surface area contributed by atoms with E-state index in [2.05, 4.69) is 4.98 Å². The maximum Gasteiger partial charge on any atom is 0.351 e. The first-order valence-corrected chi connectivity index (χ1v) is 10.8. The molecule has 0 spiro atoms. The van der Waals surface area contributed by atoms with Crippen LogP contribution in [0.3, 0.4) is 0 Å². The molecule has 2 aromatic carbocycles. The van der Waals surface area contributed by atoms with Crippen LogP contribution in [0.2, 0.25) is 0 Å². The van der Waals surface area contributed by atoms with Gasteiger partial charge in [0, 0.05) is 12.3 Å². The summed E-state index contributed by atoms with van der Waals surface area (Å²) in [7, 11) is 1.54. The molecule has 0 saturated carbocycles. The van der Waals surface area contributed by atoms with E-state index in [0.717, 1.165) is 0 Å². The van der Waals surface area contributed by atoms with Crippen molar-refractivity contribution >= 4 is 34.0 Å². The number of thiazole rings is 1. The van der Waals surface area contributed by atoms with Gasteiger partial charge in [-0.3, -0.25) is 9.69 Å². The lowest BCUT2D eigenvalue weighted by Gasteiger charge is -2.30. The number of aromatic nitrogens is 1. The van der Waals surface area contributed by atoms with Crippen LogP contribution in [-0.4, -0.2) is 36.2 Å². The number of rotatable bonds is 6. The first-order valence-electron chi connectivity index (χ1n) is 9.95. The van der Waals surface area contributed by atoms with Gasteiger partial charge in [0.15, 0.2) is 16.6 Å². The SMILES string of the molecule is COc1ccccc1N(C(C)=O)c1nc(COC(=O)[C@@H]2Oc3ccccc3O[C@@H]2C)cs1. The summed E-state index contributed by atoms with van der Waals surface area (Å²) in [6.45, 7) is 3.15. The molecule has 0 aliphatic carbocycles. The average molecular weight is 455 g/mol. The van der Waals surface area contributed by atoms with Crippen molar-refractivity contribution in [2.45, 2.75) is 32.7 Å². The van der Waals surface area contributed by atoms with E-state index < -0.39 is 18.2 Å². The minimum atomic E-state index is -0.884. The summed E-state index contributed by atoms with van der Waals surface area (Å²) < 4.78 is 22.3. The van der Waals surface area contributed by atoms with Crippen LogP contribution in [0.4, 0.5) is 10.8 Å². The number of hydrogen-bond acceptors (Lipinski definition) is 8. The second-order valence-electron chi connectivity index (χ2n) is 7.06. The van der Waals surface area contributed by atoms with Crippen LogP contribution in [0.25, 0.3) is 0 Å². The molecule has 2 heterocycles. The molecule has 0 radical (unpaired) electrons. The largest absolute Gasteiger partial charge is 0.495 e. The number of carbonyl (C=O) groups is 2. The Balaban J connectivity index is 1.45. The summed E-state index contributed by atoms with van der Waals surface area (Å²) in [6.07, 6.45) is -1.38. The molecule has 2 atom stereocenters. The van der Waals surface area contributed by atoms with Crippen LogP contribution in [0.1, 0.15) is 19.5 Å².